The van der Waals surface area contributed by atoms with Gasteiger partial charge in [-0.1, -0.05) is 0 Å². The Bertz CT molecular complexity index is 943. The van der Waals surface area contributed by atoms with Crippen molar-refractivity contribution in [2.45, 2.75) is 25.4 Å². The Morgan fingerprint density at radius 3 is 2.93 bits per heavy atom. The summed E-state index contributed by atoms with van der Waals surface area (Å²) in [6.07, 6.45) is 7.47. The molecule has 1 aliphatic heterocycles. The first-order valence-corrected chi connectivity index (χ1v) is 8.90. The highest BCUT2D eigenvalue weighted by atomic mass is 16.5. The van der Waals surface area contributed by atoms with Gasteiger partial charge in [0.15, 0.2) is 0 Å². The Morgan fingerprint density at radius 1 is 1.26 bits per heavy atom. The van der Waals surface area contributed by atoms with E-state index < -0.39 is 0 Å². The van der Waals surface area contributed by atoms with Crippen molar-refractivity contribution in [3.05, 3.63) is 60.1 Å². The number of nitrogens with zero attached hydrogens (tertiary/aromatic N) is 4. The molecule has 1 aliphatic rings. The van der Waals surface area contributed by atoms with Crippen LogP contribution in [0.25, 0.3) is 11.3 Å². The zero-order valence-corrected chi connectivity index (χ0v) is 14.8. The summed E-state index contributed by atoms with van der Waals surface area (Å²) < 4.78 is 11.4. The molecule has 136 valence electrons. The minimum atomic E-state index is 0.0942. The molecule has 0 radical (unpaired) electrons. The van der Waals surface area contributed by atoms with Crippen LogP contribution in [0, 0.1) is 11.3 Å². The number of benzene rings is 1. The number of aromatic nitrogens is 4. The molecular formula is C20H19N5O2. The van der Waals surface area contributed by atoms with Crippen LogP contribution >= 0.6 is 0 Å². The molecule has 0 atom stereocenters. The smallest absolute Gasteiger partial charge is 0.137 e. The van der Waals surface area contributed by atoms with Crippen LogP contribution < -0.4 is 4.74 Å². The number of hydrogen-bond acceptors (Lipinski definition) is 6. The predicted octanol–water partition coefficient (Wildman–Crippen LogP) is 2.89. The number of imidazole rings is 1. The maximum atomic E-state index is 9.55. The Kier molecular flexibility index (Phi) is 5.08. The van der Waals surface area contributed by atoms with Crippen LogP contribution in [0.3, 0.4) is 0 Å². The lowest BCUT2D eigenvalue weighted by Crippen LogP contribution is -2.26. The number of rotatable bonds is 5. The summed E-state index contributed by atoms with van der Waals surface area (Å²) in [7, 11) is 0. The van der Waals surface area contributed by atoms with Crippen LogP contribution in [0.15, 0.2) is 43.0 Å². The molecule has 7 heteroatoms. The summed E-state index contributed by atoms with van der Waals surface area (Å²) in [5.41, 5.74) is 3.09. The lowest BCUT2D eigenvalue weighted by molar-refractivity contribution is 0.0254. The monoisotopic (exact) mass is 361 g/mol. The van der Waals surface area contributed by atoms with Crippen LogP contribution in [0.5, 0.6) is 5.75 Å². The average molecular weight is 361 g/mol. The first kappa shape index (κ1) is 17.2. The van der Waals surface area contributed by atoms with Gasteiger partial charge >= 0.3 is 0 Å². The van der Waals surface area contributed by atoms with Crippen molar-refractivity contribution < 1.29 is 9.47 Å². The number of hydrogen-bond donors (Lipinski definition) is 1. The van der Waals surface area contributed by atoms with E-state index in [-0.39, 0.29) is 6.10 Å². The van der Waals surface area contributed by atoms with Gasteiger partial charge in [-0.25, -0.2) is 15.0 Å². The van der Waals surface area contributed by atoms with Gasteiger partial charge in [0.05, 0.1) is 30.8 Å². The van der Waals surface area contributed by atoms with E-state index in [1.54, 1.807) is 18.7 Å². The molecule has 1 saturated heterocycles. The number of ether oxygens (including phenoxy) is 2. The van der Waals surface area contributed by atoms with Gasteiger partial charge in [-0.15, -0.1) is 0 Å². The summed E-state index contributed by atoms with van der Waals surface area (Å²) in [6, 6.07) is 9.66. The van der Waals surface area contributed by atoms with Crippen molar-refractivity contribution >= 4 is 0 Å². The second kappa shape index (κ2) is 7.98. The number of H-pyrrole nitrogens is 1. The van der Waals surface area contributed by atoms with E-state index in [1.807, 2.05) is 24.3 Å². The number of nitrogens with one attached hydrogen (secondary N) is 1. The largest absolute Gasteiger partial charge is 0.489 e. The van der Waals surface area contributed by atoms with Crippen molar-refractivity contribution in [2.75, 3.05) is 13.2 Å². The van der Waals surface area contributed by atoms with E-state index in [9.17, 15) is 5.26 Å². The molecule has 0 spiro atoms. The summed E-state index contributed by atoms with van der Waals surface area (Å²) in [6.45, 7) is 1.40. The standard InChI is InChI=1S/C20H19N5O2/c21-11-15-9-14(1-2-19(15)27-17-4-7-26-8-5-17)18-3-6-23-20(25-18)10-16-12-22-13-24-16/h1-3,6,9,12-13,17H,4-5,7-8,10H2,(H,22,24). The molecule has 2 aromatic heterocycles. The Labute approximate surface area is 157 Å². The first-order valence-electron chi connectivity index (χ1n) is 8.90. The maximum absolute atomic E-state index is 9.55. The average Bonchev–Trinajstić information content (AvgIpc) is 3.22. The van der Waals surface area contributed by atoms with Gasteiger partial charge in [0.2, 0.25) is 0 Å². The van der Waals surface area contributed by atoms with Crippen LogP contribution in [0.4, 0.5) is 0 Å². The van der Waals surface area contributed by atoms with Gasteiger partial charge in [0, 0.05) is 42.9 Å². The molecule has 0 saturated carbocycles. The third-order valence-corrected chi connectivity index (χ3v) is 4.47. The molecular weight excluding hydrogens is 342 g/mol. The van der Waals surface area contributed by atoms with E-state index in [0.29, 0.717) is 36.8 Å². The second-order valence-corrected chi connectivity index (χ2v) is 6.36. The van der Waals surface area contributed by atoms with Crippen LogP contribution in [-0.4, -0.2) is 39.3 Å². The lowest BCUT2D eigenvalue weighted by Gasteiger charge is -2.23. The summed E-state index contributed by atoms with van der Waals surface area (Å²) in [4.78, 5) is 16.0. The van der Waals surface area contributed by atoms with Gasteiger partial charge in [0.1, 0.15) is 23.7 Å². The van der Waals surface area contributed by atoms with Gasteiger partial charge < -0.3 is 14.5 Å². The molecule has 0 unspecified atom stereocenters. The lowest BCUT2D eigenvalue weighted by atomic mass is 10.1. The van der Waals surface area contributed by atoms with Crippen molar-refractivity contribution in [1.82, 2.24) is 19.9 Å². The van der Waals surface area contributed by atoms with Crippen molar-refractivity contribution in [1.29, 1.82) is 5.26 Å². The molecule has 1 N–H and O–H groups in total. The molecule has 1 fully saturated rings. The maximum Gasteiger partial charge on any atom is 0.137 e. The van der Waals surface area contributed by atoms with Crippen LogP contribution in [-0.2, 0) is 11.2 Å². The predicted molar refractivity (Wildman–Crippen MR) is 98.0 cm³/mol. The summed E-state index contributed by atoms with van der Waals surface area (Å²) in [5, 5.41) is 9.55. The van der Waals surface area contributed by atoms with Crippen molar-refractivity contribution in [3.8, 4) is 23.1 Å². The Hall–Kier alpha value is -3.24. The van der Waals surface area contributed by atoms with Crippen molar-refractivity contribution in [2.24, 2.45) is 0 Å². The summed E-state index contributed by atoms with van der Waals surface area (Å²) >= 11 is 0. The highest BCUT2D eigenvalue weighted by Gasteiger charge is 2.17. The van der Waals surface area contributed by atoms with Crippen molar-refractivity contribution in [3.63, 3.8) is 0 Å². The molecule has 4 rings (SSSR count). The first-order chi connectivity index (χ1) is 13.3. The quantitative estimate of drug-likeness (QED) is 0.750. The van der Waals surface area contributed by atoms with E-state index >= 15 is 0 Å². The topological polar surface area (TPSA) is 96.7 Å². The molecule has 0 amide bonds. The number of nitriles is 1. The zero-order chi connectivity index (χ0) is 18.5. The molecule has 0 aliphatic carbocycles. The molecule has 7 nitrogen and oxygen atoms in total. The van der Waals surface area contributed by atoms with Crippen LogP contribution in [0.2, 0.25) is 0 Å². The van der Waals surface area contributed by atoms with E-state index in [2.05, 4.69) is 26.0 Å². The highest BCUT2D eigenvalue weighted by Crippen LogP contribution is 2.27. The Balaban J connectivity index is 1.56. The fourth-order valence-corrected chi connectivity index (χ4v) is 3.05. The molecule has 3 heterocycles. The fourth-order valence-electron chi connectivity index (χ4n) is 3.05. The zero-order valence-electron chi connectivity index (χ0n) is 14.8. The van der Waals surface area contributed by atoms with E-state index in [1.165, 1.54) is 0 Å². The SMILES string of the molecule is N#Cc1cc(-c2ccnc(Cc3cnc[nH]3)n2)ccc1OC1CCOCC1. The summed E-state index contributed by atoms with van der Waals surface area (Å²) in [5.74, 6) is 1.30. The van der Waals surface area contributed by atoms with E-state index in [0.717, 1.165) is 29.8 Å². The third kappa shape index (κ3) is 4.13. The molecule has 27 heavy (non-hydrogen) atoms. The van der Waals surface area contributed by atoms with Gasteiger partial charge in [-0.05, 0) is 24.3 Å². The molecule has 1 aromatic carbocycles. The van der Waals surface area contributed by atoms with E-state index in [4.69, 9.17) is 9.47 Å². The third-order valence-electron chi connectivity index (χ3n) is 4.47. The number of aromatic amines is 1. The van der Waals surface area contributed by atoms with Gasteiger partial charge in [0.25, 0.3) is 0 Å². The second-order valence-electron chi connectivity index (χ2n) is 6.36. The fraction of sp³-hybridized carbons (Fsp3) is 0.300. The highest BCUT2D eigenvalue weighted by molar-refractivity contribution is 5.64. The minimum absolute atomic E-state index is 0.0942. The molecule has 3 aromatic rings. The minimum Gasteiger partial charge on any atom is -0.489 e. The van der Waals surface area contributed by atoms with Gasteiger partial charge in [-0.2, -0.15) is 5.26 Å². The normalized spacial score (nSPS) is 14.6. The Morgan fingerprint density at radius 2 is 2.15 bits per heavy atom. The molecule has 0 bridgehead atoms. The van der Waals surface area contributed by atoms with Crippen LogP contribution in [0.1, 0.15) is 29.9 Å². The van der Waals surface area contributed by atoms with Gasteiger partial charge in [-0.3, -0.25) is 0 Å².